The topological polar surface area (TPSA) is 143 Å². The van der Waals surface area contributed by atoms with Gasteiger partial charge < -0.3 is 0 Å². The normalized spacial score (nSPS) is 10.2. The molecule has 146 heavy (non-hydrogen) atoms. The van der Waals surface area contributed by atoms with Gasteiger partial charge in [0.15, 0.2) is 0 Å². The molecule has 24 rings (SSSR count). The standard InChI is InChI=1S/2C23H19N2.2C21H15N2.C11H11N2.3C9H7N2.4Rh/c2*1-17-23(18(2)25(24-17)22-11-7-4-8-12-22)21-15-13-20(14-16-21)19-9-5-3-6-10-19;2*1-3-7-17(8-4-1)18-11-13-19(14-12-18)20-15-22-23(16-20)21-9-5-2-6-10-21;1-9-8-10(2)13(12-9)11-6-4-3-5-7-11;3*1-2-5-9(6-3-1)11-8-4-7-10-11;;;;/h2*3-11,13-16H,1-2H3;2*1-9,11-16H;3-6,8H,1-2H3;3*1-5,7-8H;;;;/q8*-1;4*+2. The maximum atomic E-state index is 4.72. The minimum atomic E-state index is 0. The minimum absolute atomic E-state index is 0. The van der Waals surface area contributed by atoms with Gasteiger partial charge in [-0.1, -0.05) is 218 Å². The van der Waals surface area contributed by atoms with Gasteiger partial charge in [-0.25, -0.2) is 0 Å². The summed E-state index contributed by atoms with van der Waals surface area (Å²) in [5.74, 6) is 0. The van der Waals surface area contributed by atoms with Gasteiger partial charge >= 0.3 is 77.9 Å². The summed E-state index contributed by atoms with van der Waals surface area (Å²) in [6.07, 6.45) is 18.8. The Kier molecular flexibility index (Phi) is 40.2. The van der Waals surface area contributed by atoms with Crippen LogP contribution in [0.5, 0.6) is 0 Å². The van der Waals surface area contributed by atoms with Crippen molar-refractivity contribution in [1.29, 1.82) is 0 Å². The van der Waals surface area contributed by atoms with Crippen LogP contribution < -0.4 is 0 Å². The summed E-state index contributed by atoms with van der Waals surface area (Å²) in [7, 11) is 0. The summed E-state index contributed by atoms with van der Waals surface area (Å²) in [5.41, 5.74) is 33.3. The van der Waals surface area contributed by atoms with Crippen LogP contribution in [0, 0.1) is 90.1 Å². The van der Waals surface area contributed by atoms with Crippen LogP contribution in [0.25, 0.3) is 135 Å². The molecule has 0 unspecified atom stereocenters. The van der Waals surface area contributed by atoms with Crippen LogP contribution in [0.1, 0.15) is 34.2 Å². The smallest absolute Gasteiger partial charge is 0.266 e. The van der Waals surface area contributed by atoms with Crippen LogP contribution in [-0.2, 0) is 77.9 Å². The Morgan fingerprint density at radius 3 is 0.637 bits per heavy atom. The Hall–Kier alpha value is -16.3. The Balaban J connectivity index is 0.000000142. The SMILES string of the molecule is Cc1cc(C)n(-c2[c-]cccc2)n1.Cc1nn(-c2[c-]cccc2)c(C)c1-c1ccc(-c2ccccc2)cc1.Cc1nn(-c2[c-]cccc2)c(C)c1-c1ccc(-c2ccccc2)cc1.[Rh+2].[Rh+2].[Rh+2].[Rh+2].[c-]1ccccc1-n1cc(-c2ccc(-c3ccccc3)cc2)cn1.[c-]1ccccc1-n1cc(-c2ccc(-c3ccccc3)cc2)cn1.[c-]1ccccc1-n1cccn1.[c-]1ccccc1-n1cccn1.[c-]1ccccc1-n1cccn1. The second-order valence-electron chi connectivity index (χ2n) is 32.7. The van der Waals surface area contributed by atoms with E-state index >= 15 is 0 Å². The molecule has 4 radical (unpaired) electrons. The first-order valence-corrected chi connectivity index (χ1v) is 46.6. The van der Waals surface area contributed by atoms with E-state index in [0.29, 0.717) is 0 Å². The maximum absolute atomic E-state index is 4.72. The van der Waals surface area contributed by atoms with E-state index in [0.717, 1.165) is 102 Å². The van der Waals surface area contributed by atoms with Gasteiger partial charge in [-0.05, 0) is 178 Å². The van der Waals surface area contributed by atoms with Crippen molar-refractivity contribution in [2.75, 3.05) is 0 Å². The number of benzene rings is 16. The molecule has 16 nitrogen and oxygen atoms in total. The van der Waals surface area contributed by atoms with E-state index in [1.165, 1.54) is 66.8 Å². The van der Waals surface area contributed by atoms with E-state index in [4.69, 9.17) is 10.2 Å². The number of hydrogen-bond donors (Lipinski definition) is 0. The van der Waals surface area contributed by atoms with Gasteiger partial charge in [0.25, 0.3) is 0 Å². The molecule has 0 amide bonds. The zero-order chi connectivity index (χ0) is 97.2. The van der Waals surface area contributed by atoms with Crippen LogP contribution in [0.15, 0.2) is 499 Å². The first kappa shape index (κ1) is 107. The maximum Gasteiger partial charge on any atom is 2.00 e. The molecule has 0 aliphatic carbocycles. The van der Waals surface area contributed by atoms with Crippen molar-refractivity contribution in [3.05, 3.63) is 581 Å². The molecule has 8 aromatic heterocycles. The van der Waals surface area contributed by atoms with Crippen LogP contribution in [0.3, 0.4) is 0 Å². The van der Waals surface area contributed by atoms with Gasteiger partial charge in [-0.2, -0.15) is 235 Å². The fraction of sp³-hybridized carbons (Fsp3) is 0.0476. The van der Waals surface area contributed by atoms with Crippen molar-refractivity contribution < 1.29 is 77.9 Å². The fourth-order valence-electron chi connectivity index (χ4n) is 16.0. The summed E-state index contributed by atoms with van der Waals surface area (Å²) in [4.78, 5) is 0. The van der Waals surface area contributed by atoms with Gasteiger partial charge in [0, 0.05) is 88.9 Å². The third-order valence-electron chi connectivity index (χ3n) is 22.9. The Labute approximate surface area is 905 Å². The van der Waals surface area contributed by atoms with E-state index in [9.17, 15) is 0 Å². The predicted molar refractivity (Wildman–Crippen MR) is 571 cm³/mol. The van der Waals surface area contributed by atoms with Crippen molar-refractivity contribution in [2.45, 2.75) is 41.5 Å². The molecule has 0 saturated heterocycles. The molecule has 24 aromatic rings. The molecule has 0 bridgehead atoms. The summed E-state index contributed by atoms with van der Waals surface area (Å²) < 4.78 is 14.9. The molecule has 0 spiro atoms. The predicted octanol–water partition coefficient (Wildman–Crippen LogP) is 28.6. The Morgan fingerprint density at radius 2 is 0.411 bits per heavy atom. The number of rotatable bonds is 16. The van der Waals surface area contributed by atoms with Gasteiger partial charge in [0.2, 0.25) is 0 Å². The molecule has 0 aliphatic rings. The van der Waals surface area contributed by atoms with Crippen molar-refractivity contribution in [3.63, 3.8) is 0 Å². The van der Waals surface area contributed by atoms with Crippen molar-refractivity contribution in [2.24, 2.45) is 0 Å². The number of aromatic nitrogens is 16. The van der Waals surface area contributed by atoms with Gasteiger partial charge in [0.1, 0.15) is 0 Å². The number of nitrogens with zero attached hydrogens (tertiary/aromatic N) is 16. The van der Waals surface area contributed by atoms with Gasteiger partial charge in [-0.15, -0.1) is 48.5 Å². The number of para-hydroxylation sites is 8. The van der Waals surface area contributed by atoms with E-state index in [1.54, 1.807) is 32.6 Å². The van der Waals surface area contributed by atoms with Crippen molar-refractivity contribution in [1.82, 2.24) is 78.2 Å². The summed E-state index contributed by atoms with van der Waals surface area (Å²) in [5, 5.41) is 34.9. The van der Waals surface area contributed by atoms with E-state index in [-0.39, 0.29) is 77.9 Å². The monoisotopic (exact) mass is 2250 g/mol. The zero-order valence-corrected chi connectivity index (χ0v) is 87.4. The number of hydrogen-bond acceptors (Lipinski definition) is 8. The van der Waals surface area contributed by atoms with Crippen LogP contribution in [-0.4, -0.2) is 78.2 Å². The second-order valence-corrected chi connectivity index (χ2v) is 32.7. The molecular weight excluding hydrogens is 2150 g/mol. The zero-order valence-electron chi connectivity index (χ0n) is 80.8. The van der Waals surface area contributed by atoms with Gasteiger partial charge in [-0.3, -0.25) is 37.5 Å². The first-order chi connectivity index (χ1) is 69.9. The minimum Gasteiger partial charge on any atom is -0.266 e. The Morgan fingerprint density at radius 1 is 0.192 bits per heavy atom. The van der Waals surface area contributed by atoms with Crippen LogP contribution >= 0.6 is 0 Å². The molecule has 0 N–H and O–H groups in total. The molecule has 20 heteroatoms. The fourth-order valence-corrected chi connectivity index (χ4v) is 16.0. The summed E-state index contributed by atoms with van der Waals surface area (Å²) in [6.45, 7) is 12.4. The molecular formula is C126H100N16Rh4. The number of aryl methyl sites for hydroxylation is 4. The molecule has 0 atom stereocenters. The molecule has 16 aromatic carbocycles. The third-order valence-corrected chi connectivity index (χ3v) is 22.9. The quantitative estimate of drug-likeness (QED) is 0.0687. The third kappa shape index (κ3) is 28.8. The summed E-state index contributed by atoms with van der Waals surface area (Å²) >= 11 is 0. The van der Waals surface area contributed by atoms with Gasteiger partial charge in [0.05, 0.1) is 29.5 Å². The summed E-state index contributed by atoms with van der Waals surface area (Å²) in [6, 6.07) is 172. The van der Waals surface area contributed by atoms with Crippen LogP contribution in [0.2, 0.25) is 0 Å². The van der Waals surface area contributed by atoms with Crippen molar-refractivity contribution in [3.8, 4) is 135 Å². The molecule has 0 saturated carbocycles. The van der Waals surface area contributed by atoms with E-state index in [2.05, 4.69) is 307 Å². The molecule has 720 valence electrons. The Bertz CT molecular complexity index is 7340. The largest absolute Gasteiger partial charge is 2.00 e. The van der Waals surface area contributed by atoms with Crippen molar-refractivity contribution >= 4 is 0 Å². The average Bonchev–Trinajstić information content (AvgIpc) is 1.64. The first-order valence-electron chi connectivity index (χ1n) is 46.6. The molecule has 0 fully saturated rings. The molecule has 0 aliphatic heterocycles. The van der Waals surface area contributed by atoms with Crippen LogP contribution in [0.4, 0.5) is 0 Å². The van der Waals surface area contributed by atoms with E-state index in [1.807, 2.05) is 317 Å². The molecule has 8 heterocycles. The second kappa shape index (κ2) is 54.8. The average molecular weight is 2250 g/mol. The van der Waals surface area contributed by atoms with E-state index < -0.39 is 0 Å².